The molecule has 1 aromatic rings. The SMILES string of the molecule is O=C(NC1(CBr)CCCC1)c1cc(Br)ccc1Cl. The van der Waals surface area contributed by atoms with Crippen LogP contribution in [-0.4, -0.2) is 16.8 Å². The molecule has 1 fully saturated rings. The predicted octanol–water partition coefficient (Wildman–Crippen LogP) is 4.54. The molecule has 0 radical (unpaired) electrons. The van der Waals surface area contributed by atoms with Crippen LogP contribution >= 0.6 is 43.5 Å². The van der Waals surface area contributed by atoms with Crippen LogP contribution in [0.2, 0.25) is 5.02 Å². The number of carbonyl (C=O) groups is 1. The van der Waals surface area contributed by atoms with Gasteiger partial charge in [0.15, 0.2) is 0 Å². The Kier molecular flexibility index (Phi) is 4.73. The molecule has 0 aromatic heterocycles. The molecule has 18 heavy (non-hydrogen) atoms. The first kappa shape index (κ1) is 14.4. The fraction of sp³-hybridized carbons (Fsp3) is 0.462. The van der Waals surface area contributed by atoms with Gasteiger partial charge in [-0.05, 0) is 31.0 Å². The highest BCUT2D eigenvalue weighted by Gasteiger charge is 2.34. The van der Waals surface area contributed by atoms with Gasteiger partial charge in [0.25, 0.3) is 5.91 Å². The molecule has 0 spiro atoms. The Labute approximate surface area is 129 Å². The zero-order valence-corrected chi connectivity index (χ0v) is 13.7. The molecule has 0 atom stereocenters. The third-order valence-electron chi connectivity index (χ3n) is 3.37. The summed E-state index contributed by atoms with van der Waals surface area (Å²) in [6.45, 7) is 0. The predicted molar refractivity (Wildman–Crippen MR) is 81.6 cm³/mol. The fourth-order valence-corrected chi connectivity index (χ4v) is 3.59. The first-order chi connectivity index (χ1) is 8.56. The van der Waals surface area contributed by atoms with Crippen LogP contribution in [-0.2, 0) is 0 Å². The van der Waals surface area contributed by atoms with Crippen molar-refractivity contribution in [3.63, 3.8) is 0 Å². The van der Waals surface area contributed by atoms with Crippen LogP contribution in [0.15, 0.2) is 22.7 Å². The van der Waals surface area contributed by atoms with Gasteiger partial charge in [0.05, 0.1) is 16.1 Å². The number of carbonyl (C=O) groups excluding carboxylic acids is 1. The van der Waals surface area contributed by atoms with Crippen LogP contribution in [0.5, 0.6) is 0 Å². The maximum Gasteiger partial charge on any atom is 0.253 e. The second kappa shape index (κ2) is 5.93. The Morgan fingerprint density at radius 2 is 2.06 bits per heavy atom. The van der Waals surface area contributed by atoms with Gasteiger partial charge in [0, 0.05) is 9.80 Å². The van der Waals surface area contributed by atoms with Crippen LogP contribution in [0.4, 0.5) is 0 Å². The fourth-order valence-electron chi connectivity index (χ4n) is 2.32. The molecule has 0 bridgehead atoms. The number of nitrogens with one attached hydrogen (secondary N) is 1. The molecule has 5 heteroatoms. The molecule has 0 heterocycles. The summed E-state index contributed by atoms with van der Waals surface area (Å²) in [4.78, 5) is 12.3. The van der Waals surface area contributed by atoms with E-state index in [1.54, 1.807) is 12.1 Å². The monoisotopic (exact) mass is 393 g/mol. The molecule has 0 saturated heterocycles. The molecule has 1 aliphatic rings. The Balaban J connectivity index is 2.18. The summed E-state index contributed by atoms with van der Waals surface area (Å²) in [5.41, 5.74) is 0.418. The molecule has 0 unspecified atom stereocenters. The molecule has 1 aliphatic carbocycles. The van der Waals surface area contributed by atoms with Crippen LogP contribution in [0.3, 0.4) is 0 Å². The van der Waals surface area contributed by atoms with Crippen molar-refractivity contribution < 1.29 is 4.79 Å². The summed E-state index contributed by atoms with van der Waals surface area (Å²) in [5, 5.41) is 4.41. The summed E-state index contributed by atoms with van der Waals surface area (Å²) < 4.78 is 0.858. The van der Waals surface area contributed by atoms with E-state index >= 15 is 0 Å². The van der Waals surface area contributed by atoms with Crippen molar-refractivity contribution in [1.29, 1.82) is 0 Å². The highest BCUT2D eigenvalue weighted by molar-refractivity contribution is 9.10. The Morgan fingerprint density at radius 3 is 2.67 bits per heavy atom. The molecule has 2 nitrogen and oxygen atoms in total. The lowest BCUT2D eigenvalue weighted by molar-refractivity contribution is 0.0910. The van der Waals surface area contributed by atoms with E-state index < -0.39 is 0 Å². The third kappa shape index (κ3) is 3.09. The van der Waals surface area contributed by atoms with Gasteiger partial charge in [0.2, 0.25) is 0 Å². The number of benzene rings is 1. The number of alkyl halides is 1. The van der Waals surface area contributed by atoms with Gasteiger partial charge in [-0.15, -0.1) is 0 Å². The van der Waals surface area contributed by atoms with E-state index in [0.29, 0.717) is 10.6 Å². The zero-order chi connectivity index (χ0) is 13.2. The lowest BCUT2D eigenvalue weighted by Crippen LogP contribution is -2.47. The van der Waals surface area contributed by atoms with Gasteiger partial charge in [-0.2, -0.15) is 0 Å². The van der Waals surface area contributed by atoms with Crippen LogP contribution in [0, 0.1) is 0 Å². The smallest absolute Gasteiger partial charge is 0.253 e. The van der Waals surface area contributed by atoms with E-state index in [1.807, 2.05) is 6.07 Å². The van der Waals surface area contributed by atoms with Crippen molar-refractivity contribution in [1.82, 2.24) is 5.32 Å². The van der Waals surface area contributed by atoms with Gasteiger partial charge in [-0.1, -0.05) is 56.3 Å². The van der Waals surface area contributed by atoms with Gasteiger partial charge >= 0.3 is 0 Å². The highest BCUT2D eigenvalue weighted by atomic mass is 79.9. The van der Waals surface area contributed by atoms with Crippen LogP contribution < -0.4 is 5.32 Å². The van der Waals surface area contributed by atoms with Crippen molar-refractivity contribution in [2.75, 3.05) is 5.33 Å². The maximum atomic E-state index is 12.3. The molecule has 1 N–H and O–H groups in total. The normalized spacial score (nSPS) is 17.7. The van der Waals surface area contributed by atoms with Crippen LogP contribution in [0.1, 0.15) is 36.0 Å². The van der Waals surface area contributed by atoms with E-state index in [-0.39, 0.29) is 11.4 Å². The van der Waals surface area contributed by atoms with Crippen molar-refractivity contribution >= 4 is 49.4 Å². The lowest BCUT2D eigenvalue weighted by atomic mass is 10.00. The topological polar surface area (TPSA) is 29.1 Å². The summed E-state index contributed by atoms with van der Waals surface area (Å²) in [6.07, 6.45) is 4.38. The van der Waals surface area contributed by atoms with Crippen LogP contribution in [0.25, 0.3) is 0 Å². The second-order valence-corrected chi connectivity index (χ2v) is 6.58. The van der Waals surface area contributed by atoms with Crippen molar-refractivity contribution in [2.45, 2.75) is 31.2 Å². The Bertz CT molecular complexity index is 458. The minimum Gasteiger partial charge on any atom is -0.346 e. The Morgan fingerprint density at radius 1 is 1.39 bits per heavy atom. The van der Waals surface area contributed by atoms with Crippen molar-refractivity contribution in [3.8, 4) is 0 Å². The molecule has 1 saturated carbocycles. The van der Waals surface area contributed by atoms with Gasteiger partial charge in [0.1, 0.15) is 0 Å². The molecule has 2 rings (SSSR count). The lowest BCUT2D eigenvalue weighted by Gasteiger charge is -2.28. The van der Waals surface area contributed by atoms with E-state index in [2.05, 4.69) is 37.2 Å². The Hall–Kier alpha value is -0.0600. The number of hydrogen-bond donors (Lipinski definition) is 1. The number of amides is 1. The summed E-state index contributed by atoms with van der Waals surface area (Å²) in [6, 6.07) is 5.32. The first-order valence-electron chi connectivity index (χ1n) is 5.90. The van der Waals surface area contributed by atoms with Gasteiger partial charge < -0.3 is 5.32 Å². The largest absolute Gasteiger partial charge is 0.346 e. The summed E-state index contributed by atoms with van der Waals surface area (Å²) >= 11 is 12.9. The second-order valence-electron chi connectivity index (χ2n) is 4.70. The molecule has 0 aliphatic heterocycles. The van der Waals surface area contributed by atoms with Crippen molar-refractivity contribution in [2.24, 2.45) is 0 Å². The maximum absolute atomic E-state index is 12.3. The quantitative estimate of drug-likeness (QED) is 0.748. The van der Waals surface area contributed by atoms with Gasteiger partial charge in [-0.3, -0.25) is 4.79 Å². The van der Waals surface area contributed by atoms with E-state index in [1.165, 1.54) is 0 Å². The molecule has 98 valence electrons. The van der Waals surface area contributed by atoms with E-state index in [0.717, 1.165) is 35.5 Å². The molecular weight excluding hydrogens is 381 g/mol. The molecular formula is C13H14Br2ClNO. The van der Waals surface area contributed by atoms with E-state index in [9.17, 15) is 4.79 Å². The number of hydrogen-bond acceptors (Lipinski definition) is 1. The van der Waals surface area contributed by atoms with Crippen molar-refractivity contribution in [3.05, 3.63) is 33.3 Å². The summed E-state index contributed by atoms with van der Waals surface area (Å²) in [7, 11) is 0. The third-order valence-corrected chi connectivity index (χ3v) is 5.26. The standard InChI is InChI=1S/C13H14Br2ClNO/c14-8-13(5-1-2-6-13)17-12(18)10-7-9(15)3-4-11(10)16/h3-4,7H,1-2,5-6,8H2,(H,17,18). The minimum atomic E-state index is -0.108. The minimum absolute atomic E-state index is 0.0948. The van der Waals surface area contributed by atoms with Gasteiger partial charge in [-0.25, -0.2) is 0 Å². The number of rotatable bonds is 3. The van der Waals surface area contributed by atoms with E-state index in [4.69, 9.17) is 11.6 Å². The average molecular weight is 396 g/mol. The average Bonchev–Trinajstić information content (AvgIpc) is 2.81. The molecule has 1 aromatic carbocycles. The first-order valence-corrected chi connectivity index (χ1v) is 8.19. The number of halogens is 3. The molecule has 1 amide bonds. The zero-order valence-electron chi connectivity index (χ0n) is 9.81. The summed E-state index contributed by atoms with van der Waals surface area (Å²) in [5.74, 6) is -0.0948. The highest BCUT2D eigenvalue weighted by Crippen LogP contribution is 2.32.